The summed E-state index contributed by atoms with van der Waals surface area (Å²) in [5.41, 5.74) is 2.71. The summed E-state index contributed by atoms with van der Waals surface area (Å²) in [6.45, 7) is 0.711. The molecule has 4 aromatic rings. The van der Waals surface area contributed by atoms with E-state index in [1.165, 1.54) is 23.4 Å². The van der Waals surface area contributed by atoms with Gasteiger partial charge >= 0.3 is 5.97 Å². The molecule has 118 valence electrons. The van der Waals surface area contributed by atoms with Gasteiger partial charge in [-0.25, -0.2) is 4.79 Å². The van der Waals surface area contributed by atoms with E-state index in [4.69, 9.17) is 4.74 Å². The van der Waals surface area contributed by atoms with Gasteiger partial charge in [-0.3, -0.25) is 0 Å². The van der Waals surface area contributed by atoms with Gasteiger partial charge in [-0.1, -0.05) is 48.5 Å². The molecule has 0 aliphatic heterocycles. The Morgan fingerprint density at radius 3 is 2.54 bits per heavy atom. The summed E-state index contributed by atoms with van der Waals surface area (Å²) in [5, 5.41) is 3.49. The molecule has 0 aliphatic rings. The van der Waals surface area contributed by atoms with Crippen molar-refractivity contribution < 1.29 is 9.53 Å². The molecule has 0 fully saturated rings. The van der Waals surface area contributed by atoms with Crippen LogP contribution in [0.5, 0.6) is 0 Å². The fourth-order valence-electron chi connectivity index (χ4n) is 3.20. The smallest absolute Gasteiger partial charge is 0.340 e. The molecule has 0 radical (unpaired) electrons. The Morgan fingerprint density at radius 1 is 0.917 bits per heavy atom. The molecule has 0 amide bonds. The number of aromatic nitrogens is 1. The van der Waals surface area contributed by atoms with Gasteiger partial charge in [-0.15, -0.1) is 0 Å². The predicted molar refractivity (Wildman–Crippen MR) is 96.3 cm³/mol. The number of esters is 1. The van der Waals surface area contributed by atoms with Crippen LogP contribution in [0, 0.1) is 0 Å². The molecule has 4 rings (SSSR count). The van der Waals surface area contributed by atoms with Crippen LogP contribution < -0.4 is 0 Å². The maximum absolute atomic E-state index is 12.1. The number of hydrogen-bond donors (Lipinski definition) is 0. The second kappa shape index (κ2) is 5.85. The molecule has 0 bridgehead atoms. The van der Waals surface area contributed by atoms with Gasteiger partial charge in [-0.05, 0) is 34.5 Å². The van der Waals surface area contributed by atoms with Crippen molar-refractivity contribution in [2.45, 2.75) is 6.54 Å². The first-order chi connectivity index (χ1) is 11.8. The van der Waals surface area contributed by atoms with Gasteiger partial charge in [0.2, 0.25) is 0 Å². The molecule has 0 N–H and O–H groups in total. The highest BCUT2D eigenvalue weighted by molar-refractivity contribution is 6.03. The Morgan fingerprint density at radius 2 is 1.71 bits per heavy atom. The third-order valence-electron chi connectivity index (χ3n) is 4.36. The zero-order valence-electron chi connectivity index (χ0n) is 13.4. The highest BCUT2D eigenvalue weighted by Crippen LogP contribution is 2.23. The number of hydrogen-bond acceptors (Lipinski definition) is 2. The fourth-order valence-corrected chi connectivity index (χ4v) is 3.20. The number of methoxy groups -OCH3 is 1. The van der Waals surface area contributed by atoms with E-state index < -0.39 is 0 Å². The quantitative estimate of drug-likeness (QED) is 0.516. The van der Waals surface area contributed by atoms with Crippen molar-refractivity contribution in [2.24, 2.45) is 0 Å². The van der Waals surface area contributed by atoms with Crippen LogP contribution in [-0.2, 0) is 11.3 Å². The largest absolute Gasteiger partial charge is 0.465 e. The van der Waals surface area contributed by atoms with E-state index in [0.717, 1.165) is 10.9 Å². The van der Waals surface area contributed by atoms with Crippen molar-refractivity contribution in [3.05, 3.63) is 84.1 Å². The average molecular weight is 315 g/mol. The molecule has 0 aliphatic carbocycles. The molecule has 0 spiro atoms. The van der Waals surface area contributed by atoms with Crippen molar-refractivity contribution in [3.63, 3.8) is 0 Å². The molecular weight excluding hydrogens is 298 g/mol. The second-order valence-electron chi connectivity index (χ2n) is 5.86. The zero-order chi connectivity index (χ0) is 16.5. The summed E-state index contributed by atoms with van der Waals surface area (Å²) in [6, 6.07) is 22.5. The van der Waals surface area contributed by atoms with Crippen LogP contribution in [0.1, 0.15) is 15.9 Å². The maximum atomic E-state index is 12.1. The standard InChI is InChI=1S/C21H17NO2/c1-24-21(23)19-8-4-7-17-11-12-22(20(17)19)14-15-9-10-16-5-2-3-6-18(16)13-15/h2-13H,14H2,1H3. The molecule has 0 saturated carbocycles. The summed E-state index contributed by atoms with van der Waals surface area (Å²) >= 11 is 0. The van der Waals surface area contributed by atoms with Gasteiger partial charge in [0, 0.05) is 18.1 Å². The Labute approximate surface area is 140 Å². The lowest BCUT2D eigenvalue weighted by atomic mass is 10.1. The van der Waals surface area contributed by atoms with Crippen LogP contribution in [0.25, 0.3) is 21.7 Å². The first-order valence-corrected chi connectivity index (χ1v) is 7.90. The highest BCUT2D eigenvalue weighted by atomic mass is 16.5. The molecule has 0 unspecified atom stereocenters. The van der Waals surface area contributed by atoms with Crippen molar-refractivity contribution in [3.8, 4) is 0 Å². The number of rotatable bonds is 3. The predicted octanol–water partition coefficient (Wildman–Crippen LogP) is 4.63. The Kier molecular flexibility index (Phi) is 3.54. The molecule has 1 aromatic heterocycles. The summed E-state index contributed by atoms with van der Waals surface area (Å²) in [4.78, 5) is 12.1. The minimum absolute atomic E-state index is 0.306. The van der Waals surface area contributed by atoms with Crippen molar-refractivity contribution >= 4 is 27.6 Å². The van der Waals surface area contributed by atoms with Gasteiger partial charge < -0.3 is 9.30 Å². The summed E-state index contributed by atoms with van der Waals surface area (Å²) in [6.07, 6.45) is 2.02. The SMILES string of the molecule is COC(=O)c1cccc2ccn(Cc3ccc4ccccc4c3)c12. The average Bonchev–Trinajstić information content (AvgIpc) is 3.04. The van der Waals surface area contributed by atoms with E-state index in [2.05, 4.69) is 34.9 Å². The molecule has 24 heavy (non-hydrogen) atoms. The maximum Gasteiger partial charge on any atom is 0.340 e. The highest BCUT2D eigenvalue weighted by Gasteiger charge is 2.13. The topological polar surface area (TPSA) is 31.2 Å². The van der Waals surface area contributed by atoms with Gasteiger partial charge in [0.25, 0.3) is 0 Å². The lowest BCUT2D eigenvalue weighted by Gasteiger charge is -2.10. The Balaban J connectivity index is 1.80. The second-order valence-corrected chi connectivity index (χ2v) is 5.86. The normalized spacial score (nSPS) is 11.0. The summed E-state index contributed by atoms with van der Waals surface area (Å²) in [7, 11) is 1.41. The minimum atomic E-state index is -0.306. The van der Waals surface area contributed by atoms with Crippen LogP contribution in [0.3, 0.4) is 0 Å². The monoisotopic (exact) mass is 315 g/mol. The van der Waals surface area contributed by atoms with Crippen LogP contribution in [-0.4, -0.2) is 17.6 Å². The van der Waals surface area contributed by atoms with E-state index in [1.54, 1.807) is 0 Å². The first kappa shape index (κ1) is 14.5. The Hall–Kier alpha value is -3.07. The van der Waals surface area contributed by atoms with Crippen LogP contribution >= 0.6 is 0 Å². The number of ether oxygens (including phenoxy) is 1. The van der Waals surface area contributed by atoms with Crippen molar-refractivity contribution in [1.29, 1.82) is 0 Å². The number of fused-ring (bicyclic) bond motifs is 2. The van der Waals surface area contributed by atoms with Crippen molar-refractivity contribution in [2.75, 3.05) is 7.11 Å². The third-order valence-corrected chi connectivity index (χ3v) is 4.36. The molecular formula is C21H17NO2. The van der Waals surface area contributed by atoms with Crippen molar-refractivity contribution in [1.82, 2.24) is 4.57 Å². The van der Waals surface area contributed by atoms with E-state index >= 15 is 0 Å². The van der Waals surface area contributed by atoms with Gasteiger partial charge in [-0.2, -0.15) is 0 Å². The van der Waals surface area contributed by atoms with E-state index in [9.17, 15) is 4.79 Å². The Bertz CT molecular complexity index is 1050. The number of carbonyl (C=O) groups excluding carboxylic acids is 1. The number of nitrogens with zero attached hydrogens (tertiary/aromatic N) is 1. The minimum Gasteiger partial charge on any atom is -0.465 e. The van der Waals surface area contributed by atoms with Crippen LogP contribution in [0.2, 0.25) is 0 Å². The zero-order valence-corrected chi connectivity index (χ0v) is 13.4. The summed E-state index contributed by atoms with van der Waals surface area (Å²) in [5.74, 6) is -0.306. The molecule has 0 saturated heterocycles. The lowest BCUT2D eigenvalue weighted by molar-refractivity contribution is 0.0602. The number of para-hydroxylation sites is 1. The number of carbonyl (C=O) groups is 1. The van der Waals surface area contributed by atoms with Gasteiger partial charge in [0.1, 0.15) is 0 Å². The van der Waals surface area contributed by atoms with E-state index in [1.807, 2.05) is 42.6 Å². The van der Waals surface area contributed by atoms with Gasteiger partial charge in [0.15, 0.2) is 0 Å². The summed E-state index contributed by atoms with van der Waals surface area (Å²) < 4.78 is 7.03. The van der Waals surface area contributed by atoms with Gasteiger partial charge in [0.05, 0.1) is 18.2 Å². The molecule has 3 aromatic carbocycles. The molecule has 0 atom stereocenters. The molecule has 1 heterocycles. The molecule has 3 heteroatoms. The fraction of sp³-hybridized carbons (Fsp3) is 0.0952. The van der Waals surface area contributed by atoms with E-state index in [-0.39, 0.29) is 5.97 Å². The first-order valence-electron chi connectivity index (χ1n) is 7.90. The van der Waals surface area contributed by atoms with Crippen LogP contribution in [0.4, 0.5) is 0 Å². The van der Waals surface area contributed by atoms with E-state index in [0.29, 0.717) is 12.1 Å². The van der Waals surface area contributed by atoms with Crippen LogP contribution in [0.15, 0.2) is 72.9 Å². The number of benzene rings is 3. The third kappa shape index (κ3) is 2.44. The lowest BCUT2D eigenvalue weighted by Crippen LogP contribution is -2.06. The molecule has 3 nitrogen and oxygen atoms in total.